The van der Waals surface area contributed by atoms with E-state index < -0.39 is 0 Å². The van der Waals surface area contributed by atoms with Crippen LogP contribution in [-0.4, -0.2) is 28.0 Å². The molecule has 1 heterocycles. The molecule has 1 aliphatic carbocycles. The highest BCUT2D eigenvalue weighted by Gasteiger charge is 2.33. The van der Waals surface area contributed by atoms with Crippen molar-refractivity contribution in [1.29, 1.82) is 0 Å². The first kappa shape index (κ1) is 19.0. The monoisotopic (exact) mass is 374 g/mol. The number of thioether (sulfide) groups is 1. The topological polar surface area (TPSA) is 65.2 Å². The Morgan fingerprint density at radius 3 is 2.77 bits per heavy atom. The Labute approximate surface area is 158 Å². The zero-order valence-electron chi connectivity index (χ0n) is 15.6. The van der Waals surface area contributed by atoms with Crippen molar-refractivity contribution in [1.82, 2.24) is 10.2 Å². The van der Waals surface area contributed by atoms with Gasteiger partial charge in [0.15, 0.2) is 0 Å². The van der Waals surface area contributed by atoms with Gasteiger partial charge in [0, 0.05) is 5.56 Å². The van der Waals surface area contributed by atoms with Gasteiger partial charge in [-0.25, -0.2) is 0 Å². The molecule has 1 saturated carbocycles. The Hall–Kier alpha value is -1.82. The number of esters is 1. The number of hydrogen-bond acceptors (Lipinski definition) is 6. The molecule has 140 valence electrons. The van der Waals surface area contributed by atoms with Gasteiger partial charge < -0.3 is 9.15 Å². The first-order chi connectivity index (χ1) is 12.5. The van der Waals surface area contributed by atoms with E-state index in [1.54, 1.807) is 0 Å². The first-order valence-corrected chi connectivity index (χ1v) is 10.2. The summed E-state index contributed by atoms with van der Waals surface area (Å²) in [5.41, 5.74) is 0.866. The normalized spacial score (nSPS) is 23.2. The lowest BCUT2D eigenvalue weighted by Crippen LogP contribution is -2.36. The van der Waals surface area contributed by atoms with Crippen LogP contribution in [-0.2, 0) is 9.53 Å². The highest BCUT2D eigenvalue weighted by Crippen LogP contribution is 2.35. The maximum Gasteiger partial charge on any atom is 0.316 e. The average molecular weight is 375 g/mol. The summed E-state index contributed by atoms with van der Waals surface area (Å²) in [5, 5.41) is 8.43. The highest BCUT2D eigenvalue weighted by molar-refractivity contribution is 7.99. The summed E-state index contributed by atoms with van der Waals surface area (Å²) < 4.78 is 11.4. The van der Waals surface area contributed by atoms with E-state index in [1.165, 1.54) is 18.2 Å². The molecule has 0 saturated heterocycles. The molecule has 3 rings (SSSR count). The molecular weight excluding hydrogens is 348 g/mol. The summed E-state index contributed by atoms with van der Waals surface area (Å²) in [5.74, 6) is 2.03. The van der Waals surface area contributed by atoms with Crippen molar-refractivity contribution >= 4 is 17.7 Å². The van der Waals surface area contributed by atoms with Gasteiger partial charge in [-0.05, 0) is 42.7 Å². The van der Waals surface area contributed by atoms with Gasteiger partial charge >= 0.3 is 5.97 Å². The largest absolute Gasteiger partial charge is 0.461 e. The molecule has 1 fully saturated rings. The lowest BCUT2D eigenvalue weighted by molar-refractivity contribution is -0.152. The number of benzene rings is 1. The number of rotatable bonds is 6. The molecule has 3 atom stereocenters. The molecule has 0 amide bonds. The van der Waals surface area contributed by atoms with E-state index in [0.717, 1.165) is 18.4 Å². The zero-order valence-corrected chi connectivity index (χ0v) is 16.4. The fourth-order valence-electron chi connectivity index (χ4n) is 3.54. The second-order valence-corrected chi connectivity index (χ2v) is 8.31. The summed E-state index contributed by atoms with van der Waals surface area (Å²) in [6, 6.07) is 9.58. The van der Waals surface area contributed by atoms with Crippen LogP contribution in [0.2, 0.25) is 0 Å². The van der Waals surface area contributed by atoms with E-state index in [4.69, 9.17) is 9.15 Å². The van der Waals surface area contributed by atoms with Crippen LogP contribution < -0.4 is 0 Å². The highest BCUT2D eigenvalue weighted by atomic mass is 32.2. The van der Waals surface area contributed by atoms with Gasteiger partial charge in [0.05, 0.1) is 0 Å². The molecule has 1 aliphatic rings. The summed E-state index contributed by atoms with van der Waals surface area (Å²) in [7, 11) is 0. The third-order valence-corrected chi connectivity index (χ3v) is 5.78. The van der Waals surface area contributed by atoms with Crippen molar-refractivity contribution in [3.05, 3.63) is 30.3 Å². The minimum atomic E-state index is -0.209. The van der Waals surface area contributed by atoms with Crippen LogP contribution in [0.4, 0.5) is 0 Å². The van der Waals surface area contributed by atoms with Crippen molar-refractivity contribution < 1.29 is 13.9 Å². The van der Waals surface area contributed by atoms with E-state index in [-0.39, 0.29) is 17.8 Å². The van der Waals surface area contributed by atoms with Gasteiger partial charge in [-0.3, -0.25) is 4.79 Å². The molecule has 0 bridgehead atoms. The van der Waals surface area contributed by atoms with Crippen LogP contribution >= 0.6 is 11.8 Å². The minimum Gasteiger partial charge on any atom is -0.461 e. The van der Waals surface area contributed by atoms with Crippen LogP contribution in [0.1, 0.15) is 40.0 Å². The van der Waals surface area contributed by atoms with Gasteiger partial charge in [-0.2, -0.15) is 0 Å². The van der Waals surface area contributed by atoms with Crippen molar-refractivity contribution in [3.63, 3.8) is 0 Å². The molecule has 2 aromatic rings. The molecule has 6 heteroatoms. The smallest absolute Gasteiger partial charge is 0.316 e. The molecule has 3 unspecified atom stereocenters. The Morgan fingerprint density at radius 1 is 1.27 bits per heavy atom. The second kappa shape index (κ2) is 8.71. The van der Waals surface area contributed by atoms with Gasteiger partial charge in [0.1, 0.15) is 11.9 Å². The maximum atomic E-state index is 12.3. The third kappa shape index (κ3) is 4.87. The standard InChI is InChI=1S/C20H26N2O3S/c1-13(2)16-10-9-14(3)11-17(16)24-18(23)12-26-20-22-21-19(25-20)15-7-5-4-6-8-15/h4-8,13-14,16-17H,9-12H2,1-3H3. The minimum absolute atomic E-state index is 0.0226. The molecule has 5 nitrogen and oxygen atoms in total. The van der Waals surface area contributed by atoms with Crippen LogP contribution in [0.3, 0.4) is 0 Å². The van der Waals surface area contributed by atoms with E-state index >= 15 is 0 Å². The van der Waals surface area contributed by atoms with Crippen molar-refractivity contribution in [2.75, 3.05) is 5.75 Å². The second-order valence-electron chi connectivity index (χ2n) is 7.38. The number of hydrogen-bond donors (Lipinski definition) is 0. The lowest BCUT2D eigenvalue weighted by atomic mass is 9.75. The van der Waals surface area contributed by atoms with Crippen LogP contribution in [0, 0.1) is 17.8 Å². The van der Waals surface area contributed by atoms with Crippen LogP contribution in [0.25, 0.3) is 11.5 Å². The van der Waals surface area contributed by atoms with E-state index in [1.807, 2.05) is 30.3 Å². The Morgan fingerprint density at radius 2 is 2.04 bits per heavy atom. The number of aromatic nitrogens is 2. The molecule has 26 heavy (non-hydrogen) atoms. The average Bonchev–Trinajstić information content (AvgIpc) is 3.09. The summed E-state index contributed by atoms with van der Waals surface area (Å²) >= 11 is 1.23. The molecule has 1 aromatic carbocycles. The van der Waals surface area contributed by atoms with Gasteiger partial charge in [0.25, 0.3) is 5.22 Å². The van der Waals surface area contributed by atoms with Crippen molar-refractivity contribution in [3.8, 4) is 11.5 Å². The molecule has 0 aliphatic heterocycles. The van der Waals surface area contributed by atoms with E-state index in [2.05, 4.69) is 31.0 Å². The van der Waals surface area contributed by atoms with Gasteiger partial charge in [-0.15, -0.1) is 10.2 Å². The van der Waals surface area contributed by atoms with Gasteiger partial charge in [-0.1, -0.05) is 57.2 Å². The van der Waals surface area contributed by atoms with Crippen LogP contribution in [0.15, 0.2) is 40.0 Å². The predicted octanol–water partition coefficient (Wildman–Crippen LogP) is 4.83. The van der Waals surface area contributed by atoms with Crippen molar-refractivity contribution in [2.24, 2.45) is 17.8 Å². The fourth-order valence-corrected chi connectivity index (χ4v) is 4.09. The number of carbonyl (C=O) groups excluding carboxylic acids is 1. The molecule has 0 radical (unpaired) electrons. The molecule has 1 aromatic heterocycles. The summed E-state index contributed by atoms with van der Waals surface area (Å²) in [6.45, 7) is 6.65. The maximum absolute atomic E-state index is 12.3. The van der Waals surface area contributed by atoms with Crippen molar-refractivity contribution in [2.45, 2.75) is 51.4 Å². The zero-order chi connectivity index (χ0) is 18.5. The molecule has 0 N–H and O–H groups in total. The Bertz CT molecular complexity index is 717. The summed E-state index contributed by atoms with van der Waals surface area (Å²) in [6.07, 6.45) is 3.33. The fraction of sp³-hybridized carbons (Fsp3) is 0.550. The Balaban J connectivity index is 1.53. The lowest BCUT2D eigenvalue weighted by Gasteiger charge is -2.36. The molecule has 0 spiro atoms. The third-order valence-electron chi connectivity index (χ3n) is 4.98. The Kier molecular flexibility index (Phi) is 6.35. The van der Waals surface area contributed by atoms with Gasteiger partial charge in [0.2, 0.25) is 5.89 Å². The SMILES string of the molecule is CC1CCC(C(C)C)C(OC(=O)CSc2nnc(-c3ccccc3)o2)C1. The van der Waals surface area contributed by atoms with Crippen LogP contribution in [0.5, 0.6) is 0 Å². The molecular formula is C20H26N2O3S. The quantitative estimate of drug-likeness (QED) is 0.533. The predicted molar refractivity (Wildman–Crippen MR) is 102 cm³/mol. The number of nitrogens with zero attached hydrogens (tertiary/aromatic N) is 2. The number of ether oxygens (including phenoxy) is 1. The number of carbonyl (C=O) groups is 1. The van der Waals surface area contributed by atoms with E-state index in [9.17, 15) is 4.79 Å². The summed E-state index contributed by atoms with van der Waals surface area (Å²) in [4.78, 5) is 12.3. The van der Waals surface area contributed by atoms with E-state index in [0.29, 0.717) is 28.9 Å². The first-order valence-electron chi connectivity index (χ1n) is 9.24.